The Morgan fingerprint density at radius 1 is 1.26 bits per heavy atom. The third-order valence-electron chi connectivity index (χ3n) is 4.02. The fraction of sp³-hybridized carbons (Fsp3) is 0.647. The zero-order valence-electron chi connectivity index (χ0n) is 13.1. The number of nitrogens with one attached hydrogen (secondary N) is 1. The maximum Gasteiger partial charge on any atom is 0.0375 e. The summed E-state index contributed by atoms with van der Waals surface area (Å²) in [6.07, 6.45) is 3.70. The molecule has 1 aliphatic heterocycles. The fourth-order valence-corrected chi connectivity index (χ4v) is 2.66. The Bertz CT molecular complexity index is 429. The van der Waals surface area contributed by atoms with Crippen molar-refractivity contribution in [2.24, 2.45) is 0 Å². The van der Waals surface area contributed by atoms with Crippen LogP contribution in [0.15, 0.2) is 18.2 Å². The Morgan fingerprint density at radius 3 is 2.63 bits per heavy atom. The van der Waals surface area contributed by atoms with Crippen LogP contribution in [0.25, 0.3) is 0 Å². The van der Waals surface area contributed by atoms with Crippen molar-refractivity contribution in [2.75, 3.05) is 26.0 Å². The van der Waals surface area contributed by atoms with E-state index in [-0.39, 0.29) is 5.41 Å². The minimum absolute atomic E-state index is 0.247. The maximum atomic E-state index is 3.70. The Balaban J connectivity index is 2.06. The van der Waals surface area contributed by atoms with Gasteiger partial charge in [-0.1, -0.05) is 32.9 Å². The second-order valence-corrected chi connectivity index (χ2v) is 7.09. The van der Waals surface area contributed by atoms with E-state index in [2.05, 4.69) is 63.3 Å². The summed E-state index contributed by atoms with van der Waals surface area (Å²) in [7, 11) is 4.29. The molecule has 0 saturated heterocycles. The first-order chi connectivity index (χ1) is 8.86. The highest BCUT2D eigenvalue weighted by Gasteiger charge is 2.20. The number of anilines is 1. The number of hydrogen-bond acceptors (Lipinski definition) is 2. The lowest BCUT2D eigenvalue weighted by Crippen LogP contribution is -2.29. The van der Waals surface area contributed by atoms with Gasteiger partial charge in [-0.15, -0.1) is 0 Å². The maximum absolute atomic E-state index is 3.70. The van der Waals surface area contributed by atoms with E-state index in [1.807, 2.05) is 0 Å². The summed E-state index contributed by atoms with van der Waals surface area (Å²) in [6.45, 7) is 8.01. The number of fused-ring (bicyclic) bond motifs is 1. The van der Waals surface area contributed by atoms with Gasteiger partial charge >= 0.3 is 0 Å². The van der Waals surface area contributed by atoms with Crippen molar-refractivity contribution in [1.82, 2.24) is 4.90 Å². The van der Waals surface area contributed by atoms with Crippen molar-refractivity contribution in [1.29, 1.82) is 0 Å². The molecule has 0 spiro atoms. The molecule has 0 amide bonds. The van der Waals surface area contributed by atoms with Crippen LogP contribution in [0.1, 0.15) is 44.7 Å². The van der Waals surface area contributed by atoms with Gasteiger partial charge in [0.2, 0.25) is 0 Å². The first-order valence-electron chi connectivity index (χ1n) is 7.41. The number of rotatable bonds is 3. The average molecular weight is 260 g/mol. The van der Waals surface area contributed by atoms with E-state index in [0.717, 1.165) is 6.54 Å². The van der Waals surface area contributed by atoms with Crippen molar-refractivity contribution in [3.05, 3.63) is 29.3 Å². The van der Waals surface area contributed by atoms with E-state index in [1.165, 1.54) is 36.1 Å². The number of nitrogens with zero attached hydrogens (tertiary/aromatic N) is 1. The van der Waals surface area contributed by atoms with Crippen molar-refractivity contribution >= 4 is 5.69 Å². The molecule has 1 heterocycles. The molecule has 2 rings (SSSR count). The topological polar surface area (TPSA) is 15.3 Å². The van der Waals surface area contributed by atoms with Gasteiger partial charge in [0, 0.05) is 11.7 Å². The standard InChI is InChI=1S/C17H28N2/c1-17(2,3)14-7-9-16-13(12-14)6-8-15(18-16)10-11-19(4)5/h7,9,12,15,18H,6,8,10-11H2,1-5H3. The first kappa shape index (κ1) is 14.4. The van der Waals surface area contributed by atoms with Gasteiger partial charge in [-0.25, -0.2) is 0 Å². The molecule has 1 aliphatic rings. The summed E-state index contributed by atoms with van der Waals surface area (Å²) in [5.41, 5.74) is 4.54. The summed E-state index contributed by atoms with van der Waals surface area (Å²) >= 11 is 0. The molecule has 1 atom stereocenters. The fourth-order valence-electron chi connectivity index (χ4n) is 2.66. The second kappa shape index (κ2) is 5.54. The molecule has 2 heteroatoms. The molecule has 2 nitrogen and oxygen atoms in total. The van der Waals surface area contributed by atoms with Crippen LogP contribution < -0.4 is 5.32 Å². The van der Waals surface area contributed by atoms with E-state index >= 15 is 0 Å². The third-order valence-corrected chi connectivity index (χ3v) is 4.02. The van der Waals surface area contributed by atoms with Crippen LogP contribution in [0, 0.1) is 0 Å². The van der Waals surface area contributed by atoms with Crippen molar-refractivity contribution in [2.45, 2.75) is 51.5 Å². The molecule has 0 aromatic heterocycles. The Labute approximate surface area is 118 Å². The Kier molecular flexibility index (Phi) is 4.19. The van der Waals surface area contributed by atoms with Gasteiger partial charge < -0.3 is 10.2 Å². The molecule has 0 bridgehead atoms. The first-order valence-corrected chi connectivity index (χ1v) is 7.41. The molecule has 1 unspecified atom stereocenters. The predicted octanol–water partition coefficient (Wildman–Crippen LogP) is 3.66. The predicted molar refractivity (Wildman–Crippen MR) is 84.0 cm³/mol. The van der Waals surface area contributed by atoms with Crippen LogP contribution in [-0.2, 0) is 11.8 Å². The summed E-state index contributed by atoms with van der Waals surface area (Å²) in [5, 5.41) is 3.70. The van der Waals surface area contributed by atoms with Gasteiger partial charge in [0.05, 0.1) is 0 Å². The molecule has 106 valence electrons. The highest BCUT2D eigenvalue weighted by molar-refractivity contribution is 5.56. The van der Waals surface area contributed by atoms with Crippen molar-refractivity contribution < 1.29 is 0 Å². The minimum atomic E-state index is 0.247. The molecule has 19 heavy (non-hydrogen) atoms. The zero-order chi connectivity index (χ0) is 14.0. The second-order valence-electron chi connectivity index (χ2n) is 7.09. The highest BCUT2D eigenvalue weighted by Crippen LogP contribution is 2.31. The van der Waals surface area contributed by atoms with Crippen molar-refractivity contribution in [3.63, 3.8) is 0 Å². The zero-order valence-corrected chi connectivity index (χ0v) is 13.1. The summed E-state index contributed by atoms with van der Waals surface area (Å²) in [4.78, 5) is 2.26. The lowest BCUT2D eigenvalue weighted by molar-refractivity contribution is 0.379. The van der Waals surface area contributed by atoms with Crippen LogP contribution in [0.2, 0.25) is 0 Å². The Morgan fingerprint density at radius 2 is 2.00 bits per heavy atom. The monoisotopic (exact) mass is 260 g/mol. The third kappa shape index (κ3) is 3.73. The normalized spacial score (nSPS) is 19.2. The lowest BCUT2D eigenvalue weighted by atomic mass is 9.84. The van der Waals surface area contributed by atoms with Gasteiger partial charge in [-0.3, -0.25) is 0 Å². The van der Waals surface area contributed by atoms with Crippen LogP contribution in [0.3, 0.4) is 0 Å². The van der Waals surface area contributed by atoms with E-state index in [1.54, 1.807) is 0 Å². The Hall–Kier alpha value is -1.02. The number of benzene rings is 1. The van der Waals surface area contributed by atoms with Crippen LogP contribution in [0.4, 0.5) is 5.69 Å². The van der Waals surface area contributed by atoms with E-state index in [0.29, 0.717) is 6.04 Å². The van der Waals surface area contributed by atoms with Gasteiger partial charge in [-0.05, 0) is 62.5 Å². The van der Waals surface area contributed by atoms with E-state index in [9.17, 15) is 0 Å². The summed E-state index contributed by atoms with van der Waals surface area (Å²) in [5.74, 6) is 0. The summed E-state index contributed by atoms with van der Waals surface area (Å²) < 4.78 is 0. The van der Waals surface area contributed by atoms with Gasteiger partial charge in [0.15, 0.2) is 0 Å². The SMILES string of the molecule is CN(C)CCC1CCc2cc(C(C)(C)C)ccc2N1. The van der Waals surface area contributed by atoms with E-state index in [4.69, 9.17) is 0 Å². The number of hydrogen-bond donors (Lipinski definition) is 1. The molecule has 1 N–H and O–H groups in total. The molecule has 0 fully saturated rings. The van der Waals surface area contributed by atoms with Crippen LogP contribution >= 0.6 is 0 Å². The molecule has 0 aliphatic carbocycles. The van der Waals surface area contributed by atoms with Crippen LogP contribution in [-0.4, -0.2) is 31.6 Å². The molecular formula is C17H28N2. The molecule has 0 radical (unpaired) electrons. The van der Waals surface area contributed by atoms with Gasteiger partial charge in [0.1, 0.15) is 0 Å². The summed E-state index contributed by atoms with van der Waals surface area (Å²) in [6, 6.07) is 7.58. The average Bonchev–Trinajstić information content (AvgIpc) is 2.34. The molecule has 1 aromatic carbocycles. The quantitative estimate of drug-likeness (QED) is 0.892. The van der Waals surface area contributed by atoms with Gasteiger partial charge in [-0.2, -0.15) is 0 Å². The molecular weight excluding hydrogens is 232 g/mol. The van der Waals surface area contributed by atoms with Gasteiger partial charge in [0.25, 0.3) is 0 Å². The highest BCUT2D eigenvalue weighted by atomic mass is 15.1. The van der Waals surface area contributed by atoms with E-state index < -0.39 is 0 Å². The smallest absolute Gasteiger partial charge is 0.0375 e. The minimum Gasteiger partial charge on any atom is -0.382 e. The number of aryl methyl sites for hydroxylation is 1. The lowest BCUT2D eigenvalue weighted by Gasteiger charge is -2.30. The molecule has 0 saturated carbocycles. The largest absolute Gasteiger partial charge is 0.382 e. The molecule has 1 aromatic rings. The van der Waals surface area contributed by atoms with Crippen LogP contribution in [0.5, 0.6) is 0 Å². The van der Waals surface area contributed by atoms with Crippen molar-refractivity contribution in [3.8, 4) is 0 Å².